The molecule has 0 spiro atoms. The lowest BCUT2D eigenvalue weighted by atomic mass is 9.95. The Balaban J connectivity index is 3.44. The molecule has 1 aromatic rings. The summed E-state index contributed by atoms with van der Waals surface area (Å²) >= 11 is 0. The molecule has 1 aromatic carbocycles. The van der Waals surface area contributed by atoms with E-state index in [4.69, 9.17) is 4.74 Å². The zero-order chi connectivity index (χ0) is 17.2. The molecule has 0 saturated carbocycles. The summed E-state index contributed by atoms with van der Waals surface area (Å²) in [6, 6.07) is 7.33. The lowest BCUT2D eigenvalue weighted by molar-refractivity contribution is -0.104. The molecule has 0 N–H and O–H groups in total. The van der Waals surface area contributed by atoms with Crippen molar-refractivity contribution in [2.75, 3.05) is 20.0 Å². The van der Waals surface area contributed by atoms with Gasteiger partial charge in [-0.3, -0.25) is 9.00 Å². The van der Waals surface area contributed by atoms with E-state index in [9.17, 15) is 9.00 Å². The molecule has 0 aliphatic carbocycles. The van der Waals surface area contributed by atoms with Crippen molar-refractivity contribution < 1.29 is 13.7 Å². The predicted octanol–water partition coefficient (Wildman–Crippen LogP) is 3.71. The van der Waals surface area contributed by atoms with Crippen LogP contribution in [0, 0.1) is 0 Å². The Hall–Kier alpha value is -2.04. The molecule has 0 amide bonds. The second kappa shape index (κ2) is 9.87. The maximum atomic E-state index is 11.7. The van der Waals surface area contributed by atoms with Gasteiger partial charge in [-0.15, -0.1) is 0 Å². The number of hydrogen-bond donors (Lipinski definition) is 0. The summed E-state index contributed by atoms with van der Waals surface area (Å²) in [6.07, 6.45) is 9.62. The number of methoxy groups -OCH3 is 1. The molecule has 0 aliphatic rings. The minimum atomic E-state index is -1.03. The normalized spacial score (nSPS) is 14.5. The first-order valence-electron chi connectivity index (χ1n) is 7.15. The molecule has 0 aromatic heterocycles. The number of rotatable bonds is 8. The van der Waals surface area contributed by atoms with Crippen LogP contribution in [0.2, 0.25) is 0 Å². The number of carbonyl (C=O) groups is 1. The average molecular weight is 330 g/mol. The van der Waals surface area contributed by atoms with Crippen LogP contribution in [0.25, 0.3) is 5.57 Å². The maximum Gasteiger partial charge on any atom is 0.151 e. The summed E-state index contributed by atoms with van der Waals surface area (Å²) < 4.78 is 16.8. The van der Waals surface area contributed by atoms with Gasteiger partial charge in [0.05, 0.1) is 6.61 Å². The van der Waals surface area contributed by atoms with Gasteiger partial charge in [-0.05, 0) is 35.8 Å². The van der Waals surface area contributed by atoms with Crippen LogP contribution in [0.3, 0.4) is 0 Å². The first-order chi connectivity index (χ1) is 11.1. The topological polar surface area (TPSA) is 43.4 Å². The lowest BCUT2D eigenvalue weighted by Crippen LogP contribution is -2.02. The van der Waals surface area contributed by atoms with Crippen molar-refractivity contribution in [2.24, 2.45) is 0 Å². The summed E-state index contributed by atoms with van der Waals surface area (Å²) in [6.45, 7) is 5.83. The third-order valence-electron chi connectivity index (χ3n) is 3.30. The lowest BCUT2D eigenvalue weighted by Gasteiger charge is -2.13. The Morgan fingerprint density at radius 2 is 1.96 bits per heavy atom. The molecule has 1 atom stereocenters. The smallest absolute Gasteiger partial charge is 0.151 e. The summed E-state index contributed by atoms with van der Waals surface area (Å²) in [7, 11) is 0.558. The molecule has 1 rings (SSSR count). The molecule has 3 nitrogen and oxygen atoms in total. The molecule has 4 heteroatoms. The Labute approximate surface area is 140 Å². The minimum Gasteiger partial charge on any atom is -0.380 e. The van der Waals surface area contributed by atoms with Gasteiger partial charge in [-0.25, -0.2) is 0 Å². The van der Waals surface area contributed by atoms with E-state index < -0.39 is 10.8 Å². The fourth-order valence-corrected chi connectivity index (χ4v) is 2.65. The third kappa shape index (κ3) is 5.27. The molecular formula is C19H22O3S. The number of carbonyl (C=O) groups excluding carboxylic acids is 1. The fourth-order valence-electron chi connectivity index (χ4n) is 2.14. The minimum absolute atomic E-state index is 0.307. The van der Waals surface area contributed by atoms with Gasteiger partial charge in [-0.1, -0.05) is 43.0 Å². The Bertz CT molecular complexity index is 664. The molecule has 0 heterocycles. The molecule has 0 aliphatic heterocycles. The van der Waals surface area contributed by atoms with E-state index in [2.05, 4.69) is 6.58 Å². The monoisotopic (exact) mass is 330 g/mol. The highest BCUT2D eigenvalue weighted by atomic mass is 32.2. The van der Waals surface area contributed by atoms with E-state index >= 15 is 0 Å². The molecule has 0 radical (unpaired) electrons. The van der Waals surface area contributed by atoms with Gasteiger partial charge in [0.2, 0.25) is 0 Å². The van der Waals surface area contributed by atoms with E-state index in [0.717, 1.165) is 27.9 Å². The number of allylic oxidation sites excluding steroid dienone is 6. The zero-order valence-electron chi connectivity index (χ0n) is 13.7. The number of hydrogen-bond acceptors (Lipinski definition) is 3. The fraction of sp³-hybridized carbons (Fsp3) is 0.211. The molecule has 0 saturated heterocycles. The second-order valence-electron chi connectivity index (χ2n) is 4.76. The van der Waals surface area contributed by atoms with Crippen molar-refractivity contribution in [1.29, 1.82) is 0 Å². The van der Waals surface area contributed by atoms with Gasteiger partial charge in [0.15, 0.2) is 6.29 Å². The van der Waals surface area contributed by atoms with Crippen LogP contribution in [0.15, 0.2) is 71.2 Å². The van der Waals surface area contributed by atoms with Gasteiger partial charge in [-0.2, -0.15) is 0 Å². The molecule has 23 heavy (non-hydrogen) atoms. The molecule has 0 fully saturated rings. The number of ether oxygens (including phenoxy) is 1. The summed E-state index contributed by atoms with van der Waals surface area (Å²) in [5.41, 5.74) is 3.03. The van der Waals surface area contributed by atoms with Crippen molar-refractivity contribution in [1.82, 2.24) is 0 Å². The van der Waals surface area contributed by atoms with E-state index in [1.54, 1.807) is 37.7 Å². The van der Waals surface area contributed by atoms with Crippen LogP contribution < -0.4 is 0 Å². The van der Waals surface area contributed by atoms with E-state index in [0.29, 0.717) is 12.2 Å². The molecule has 122 valence electrons. The van der Waals surface area contributed by atoms with Crippen LogP contribution in [0.1, 0.15) is 12.5 Å². The highest BCUT2D eigenvalue weighted by Crippen LogP contribution is 2.25. The number of aldehydes is 1. The highest BCUT2D eigenvalue weighted by molar-refractivity contribution is 7.84. The van der Waals surface area contributed by atoms with Gasteiger partial charge in [0.25, 0.3) is 0 Å². The van der Waals surface area contributed by atoms with E-state index in [1.165, 1.54) is 0 Å². The van der Waals surface area contributed by atoms with Gasteiger partial charge < -0.3 is 4.74 Å². The van der Waals surface area contributed by atoms with Gasteiger partial charge in [0.1, 0.15) is 0 Å². The van der Waals surface area contributed by atoms with Crippen LogP contribution in [0.4, 0.5) is 0 Å². The average Bonchev–Trinajstić information content (AvgIpc) is 2.57. The van der Waals surface area contributed by atoms with Crippen LogP contribution in [-0.4, -0.2) is 30.5 Å². The number of benzene rings is 1. The largest absolute Gasteiger partial charge is 0.380 e. The highest BCUT2D eigenvalue weighted by Gasteiger charge is 2.12. The molecule has 1 unspecified atom stereocenters. The standard InChI is InChI=1S/C19H22O3S/c1-5-7-8-15(6-2)18(13-20)19(14-22-3)16-9-11-17(12-10-16)23(4)21/h5-13H,1,14H2,2-4H3/b8-7-,15-6+,19-18-. The third-order valence-corrected chi connectivity index (χ3v) is 4.24. The van der Waals surface area contributed by atoms with Crippen molar-refractivity contribution in [3.63, 3.8) is 0 Å². The van der Waals surface area contributed by atoms with Crippen LogP contribution in [-0.2, 0) is 20.3 Å². The van der Waals surface area contributed by atoms with Crippen LogP contribution in [0.5, 0.6) is 0 Å². The van der Waals surface area contributed by atoms with E-state index in [-0.39, 0.29) is 0 Å². The quantitative estimate of drug-likeness (QED) is 0.414. The predicted molar refractivity (Wildman–Crippen MR) is 96.7 cm³/mol. The Morgan fingerprint density at radius 3 is 2.39 bits per heavy atom. The van der Waals surface area contributed by atoms with Crippen molar-refractivity contribution in [3.05, 3.63) is 71.9 Å². The SMILES string of the molecule is C=C\C=C/C(=C\C)C(/C=O)=C(/COC)c1ccc(S(C)=O)cc1. The second-order valence-corrected chi connectivity index (χ2v) is 6.14. The first-order valence-corrected chi connectivity index (χ1v) is 8.71. The first kappa shape index (κ1) is 19.0. The van der Waals surface area contributed by atoms with Crippen LogP contribution >= 0.6 is 0 Å². The maximum absolute atomic E-state index is 11.7. The Morgan fingerprint density at radius 1 is 1.30 bits per heavy atom. The van der Waals surface area contributed by atoms with Crippen molar-refractivity contribution in [3.8, 4) is 0 Å². The molecular weight excluding hydrogens is 308 g/mol. The summed E-state index contributed by atoms with van der Waals surface area (Å²) in [5.74, 6) is 0. The zero-order valence-corrected chi connectivity index (χ0v) is 14.6. The molecule has 0 bridgehead atoms. The summed E-state index contributed by atoms with van der Waals surface area (Å²) in [4.78, 5) is 12.4. The van der Waals surface area contributed by atoms with Crippen molar-refractivity contribution >= 4 is 22.7 Å². The van der Waals surface area contributed by atoms with E-state index in [1.807, 2.05) is 31.2 Å². The van der Waals surface area contributed by atoms with Crippen molar-refractivity contribution in [2.45, 2.75) is 11.8 Å². The Kier molecular flexibility index (Phi) is 8.16. The van der Waals surface area contributed by atoms with Gasteiger partial charge >= 0.3 is 0 Å². The summed E-state index contributed by atoms with van der Waals surface area (Å²) in [5, 5.41) is 0. The van der Waals surface area contributed by atoms with Gasteiger partial charge in [0, 0.05) is 34.6 Å².